The van der Waals surface area contributed by atoms with E-state index in [9.17, 15) is 24.0 Å². The van der Waals surface area contributed by atoms with Crippen LogP contribution in [0, 0.1) is 11.8 Å². The quantitative estimate of drug-likeness (QED) is 0.401. The van der Waals surface area contributed by atoms with Gasteiger partial charge in [0.1, 0.15) is 5.54 Å². The highest BCUT2D eigenvalue weighted by molar-refractivity contribution is 6.38. The molecule has 37 heavy (non-hydrogen) atoms. The van der Waals surface area contributed by atoms with Crippen molar-refractivity contribution in [2.45, 2.75) is 96.6 Å². The van der Waals surface area contributed by atoms with Crippen molar-refractivity contribution in [2.75, 3.05) is 32.7 Å². The zero-order chi connectivity index (χ0) is 27.0. The van der Waals surface area contributed by atoms with E-state index >= 15 is 0 Å². The Hall–Kier alpha value is -2.65. The number of rotatable bonds is 9. The minimum atomic E-state index is -1.12. The van der Waals surface area contributed by atoms with Crippen LogP contribution in [-0.2, 0) is 19.2 Å². The lowest BCUT2D eigenvalue weighted by Crippen LogP contribution is -2.65. The number of hydrogen-bond acceptors (Lipinski definition) is 5. The number of hydrogen-bond donors (Lipinski definition) is 3. The number of ketones is 1. The van der Waals surface area contributed by atoms with Crippen molar-refractivity contribution in [3.63, 3.8) is 0 Å². The lowest BCUT2D eigenvalue weighted by molar-refractivity contribution is -0.141. The average Bonchev–Trinajstić information content (AvgIpc) is 3.40. The van der Waals surface area contributed by atoms with Crippen molar-refractivity contribution in [2.24, 2.45) is 11.8 Å². The Morgan fingerprint density at radius 1 is 0.865 bits per heavy atom. The van der Waals surface area contributed by atoms with Gasteiger partial charge >= 0.3 is 6.03 Å². The number of nitrogens with one attached hydrogen (secondary N) is 3. The molecule has 0 spiro atoms. The molecule has 3 rings (SSSR count). The molecule has 0 radical (unpaired) electrons. The second-order valence-corrected chi connectivity index (χ2v) is 11.4. The van der Waals surface area contributed by atoms with Crippen molar-refractivity contribution in [1.29, 1.82) is 0 Å². The SMILES string of the molecule is CC(=O)N1CCN(C(=O)NC2(C(=O)NC(CC(C)C)C(=O)C(=O)NCC3CCCC3)CCCCC2)CC1. The number of carbonyl (C=O) groups is 5. The Kier molecular flexibility index (Phi) is 10.3. The van der Waals surface area contributed by atoms with Crippen LogP contribution in [0.25, 0.3) is 0 Å². The number of amides is 5. The maximum Gasteiger partial charge on any atom is 0.318 e. The maximum absolute atomic E-state index is 13.7. The summed E-state index contributed by atoms with van der Waals surface area (Å²) in [6.45, 7) is 7.62. The summed E-state index contributed by atoms with van der Waals surface area (Å²) in [5.41, 5.74) is -1.12. The summed E-state index contributed by atoms with van der Waals surface area (Å²) in [6.07, 6.45) is 8.29. The molecule has 1 unspecified atom stereocenters. The molecule has 1 heterocycles. The van der Waals surface area contributed by atoms with Gasteiger partial charge in [-0.15, -0.1) is 0 Å². The van der Waals surface area contributed by atoms with Crippen LogP contribution in [0.5, 0.6) is 0 Å². The first kappa shape index (κ1) is 28.9. The summed E-state index contributed by atoms with van der Waals surface area (Å²) >= 11 is 0. The molecule has 0 aromatic heterocycles. The van der Waals surface area contributed by atoms with Crippen molar-refractivity contribution >= 4 is 29.5 Å². The molecule has 208 valence electrons. The lowest BCUT2D eigenvalue weighted by atomic mass is 9.80. The van der Waals surface area contributed by atoms with Crippen LogP contribution in [0.4, 0.5) is 4.79 Å². The molecule has 3 N–H and O–H groups in total. The first-order chi connectivity index (χ1) is 17.6. The predicted molar refractivity (Wildman–Crippen MR) is 140 cm³/mol. The zero-order valence-electron chi connectivity index (χ0n) is 22.8. The molecule has 1 atom stereocenters. The molecule has 1 saturated heterocycles. The van der Waals surface area contributed by atoms with Gasteiger partial charge in [-0.05, 0) is 43.9 Å². The average molecular weight is 520 g/mol. The van der Waals surface area contributed by atoms with E-state index < -0.39 is 29.2 Å². The lowest BCUT2D eigenvalue weighted by Gasteiger charge is -2.41. The largest absolute Gasteiger partial charge is 0.349 e. The molecule has 5 amide bonds. The number of nitrogens with zero attached hydrogens (tertiary/aromatic N) is 2. The fraction of sp³-hybridized carbons (Fsp3) is 0.815. The van der Waals surface area contributed by atoms with E-state index in [0.717, 1.165) is 44.9 Å². The monoisotopic (exact) mass is 519 g/mol. The minimum absolute atomic E-state index is 0.0173. The molecule has 3 fully saturated rings. The van der Waals surface area contributed by atoms with Crippen LogP contribution in [0.1, 0.15) is 85.0 Å². The molecular weight excluding hydrogens is 474 g/mol. The topological polar surface area (TPSA) is 128 Å². The van der Waals surface area contributed by atoms with E-state index in [2.05, 4.69) is 16.0 Å². The summed E-state index contributed by atoms with van der Waals surface area (Å²) in [6, 6.07) is -1.27. The second kappa shape index (κ2) is 13.2. The summed E-state index contributed by atoms with van der Waals surface area (Å²) in [5, 5.41) is 8.64. The predicted octanol–water partition coefficient (Wildman–Crippen LogP) is 1.97. The molecule has 2 aliphatic carbocycles. The Morgan fingerprint density at radius 3 is 2.03 bits per heavy atom. The molecule has 2 saturated carbocycles. The van der Waals surface area contributed by atoms with Gasteiger partial charge < -0.3 is 25.8 Å². The van der Waals surface area contributed by atoms with Crippen LogP contribution >= 0.6 is 0 Å². The highest BCUT2D eigenvalue weighted by Crippen LogP contribution is 2.29. The van der Waals surface area contributed by atoms with Gasteiger partial charge in [0.05, 0.1) is 6.04 Å². The third-order valence-electron chi connectivity index (χ3n) is 8.08. The van der Waals surface area contributed by atoms with Crippen molar-refractivity contribution in [1.82, 2.24) is 25.8 Å². The third-order valence-corrected chi connectivity index (χ3v) is 8.08. The first-order valence-electron chi connectivity index (χ1n) is 14.1. The second-order valence-electron chi connectivity index (χ2n) is 11.4. The van der Waals surface area contributed by atoms with Crippen molar-refractivity contribution in [3.05, 3.63) is 0 Å². The van der Waals surface area contributed by atoms with Gasteiger partial charge in [-0.3, -0.25) is 19.2 Å². The molecule has 10 nitrogen and oxygen atoms in total. The van der Waals surface area contributed by atoms with E-state index in [0.29, 0.717) is 57.9 Å². The summed E-state index contributed by atoms with van der Waals surface area (Å²) in [5.74, 6) is -1.19. The Morgan fingerprint density at radius 2 is 1.46 bits per heavy atom. The summed E-state index contributed by atoms with van der Waals surface area (Å²) in [7, 11) is 0. The minimum Gasteiger partial charge on any atom is -0.349 e. The fourth-order valence-corrected chi connectivity index (χ4v) is 5.77. The standard InChI is InChI=1S/C27H45N5O5/c1-19(2)17-22(23(34)24(35)28-18-21-9-5-6-10-21)29-25(36)27(11-7-4-8-12-27)30-26(37)32-15-13-31(14-16-32)20(3)33/h19,21-22H,4-18H2,1-3H3,(H,28,35)(H,29,36)(H,30,37). The Balaban J connectivity index is 1.66. The van der Waals surface area contributed by atoms with Crippen LogP contribution in [0.15, 0.2) is 0 Å². The number of carbonyl (C=O) groups excluding carboxylic acids is 5. The van der Waals surface area contributed by atoms with E-state index in [-0.39, 0.29) is 17.9 Å². The maximum atomic E-state index is 13.7. The summed E-state index contributed by atoms with van der Waals surface area (Å²) < 4.78 is 0. The van der Waals surface area contributed by atoms with Crippen LogP contribution in [0.3, 0.4) is 0 Å². The van der Waals surface area contributed by atoms with Gasteiger partial charge in [-0.25, -0.2) is 4.79 Å². The fourth-order valence-electron chi connectivity index (χ4n) is 5.77. The van der Waals surface area contributed by atoms with E-state index in [4.69, 9.17) is 0 Å². The Labute approximate surface area is 220 Å². The highest BCUT2D eigenvalue weighted by Gasteiger charge is 2.44. The number of Topliss-reactive ketones (excluding diaryl/α,β-unsaturated/α-hetero) is 1. The Bertz CT molecular complexity index is 840. The van der Waals surface area contributed by atoms with Crippen LogP contribution in [-0.4, -0.2) is 83.6 Å². The van der Waals surface area contributed by atoms with E-state index in [1.807, 2.05) is 13.8 Å². The molecule has 3 aliphatic rings. The van der Waals surface area contributed by atoms with Gasteiger partial charge in [0.15, 0.2) is 0 Å². The first-order valence-corrected chi connectivity index (χ1v) is 14.1. The third kappa shape index (κ3) is 7.92. The van der Waals surface area contributed by atoms with Crippen LogP contribution < -0.4 is 16.0 Å². The van der Waals surface area contributed by atoms with E-state index in [1.54, 1.807) is 9.80 Å². The summed E-state index contributed by atoms with van der Waals surface area (Å²) in [4.78, 5) is 67.6. The highest BCUT2D eigenvalue weighted by atomic mass is 16.2. The number of piperazine rings is 1. The molecule has 0 aromatic carbocycles. The zero-order valence-corrected chi connectivity index (χ0v) is 22.8. The number of urea groups is 1. The van der Waals surface area contributed by atoms with Gasteiger partial charge in [-0.1, -0.05) is 46.0 Å². The van der Waals surface area contributed by atoms with Gasteiger partial charge in [0.25, 0.3) is 5.91 Å². The van der Waals surface area contributed by atoms with E-state index in [1.165, 1.54) is 6.92 Å². The molecule has 10 heteroatoms. The van der Waals surface area contributed by atoms with Crippen molar-refractivity contribution < 1.29 is 24.0 Å². The van der Waals surface area contributed by atoms with Crippen molar-refractivity contribution in [3.8, 4) is 0 Å². The molecule has 0 bridgehead atoms. The normalized spacial score (nSPS) is 20.9. The van der Waals surface area contributed by atoms with Gasteiger partial charge in [-0.2, -0.15) is 0 Å². The van der Waals surface area contributed by atoms with Gasteiger partial charge in [0, 0.05) is 39.6 Å². The molecule has 0 aromatic rings. The van der Waals surface area contributed by atoms with Crippen LogP contribution in [0.2, 0.25) is 0 Å². The molecular formula is C27H45N5O5. The molecule has 1 aliphatic heterocycles. The van der Waals surface area contributed by atoms with Gasteiger partial charge in [0.2, 0.25) is 17.6 Å². The smallest absolute Gasteiger partial charge is 0.318 e.